The lowest BCUT2D eigenvalue weighted by molar-refractivity contribution is -0.119. The number of alkyl halides is 1. The van der Waals surface area contributed by atoms with E-state index < -0.39 is 7.82 Å². The van der Waals surface area contributed by atoms with Gasteiger partial charge in [0.1, 0.15) is 17.4 Å². The molecule has 0 radical (unpaired) electrons. The zero-order valence-electron chi connectivity index (χ0n) is 15.3. The Morgan fingerprint density at radius 3 is 2.11 bits per heavy atom. The first kappa shape index (κ1) is 20.7. The maximum absolute atomic E-state index is 13.4. The number of benzene rings is 2. The van der Waals surface area contributed by atoms with Gasteiger partial charge in [0.15, 0.2) is 0 Å². The Balaban J connectivity index is 1.73. The molecule has 2 unspecified atom stereocenters. The van der Waals surface area contributed by atoms with Gasteiger partial charge in [-0.05, 0) is 49.9 Å². The summed E-state index contributed by atoms with van der Waals surface area (Å²) in [6.07, 6.45) is 2.50. The molecule has 0 bridgehead atoms. The highest BCUT2D eigenvalue weighted by Crippen LogP contribution is 2.51. The molecule has 1 fully saturated rings. The second kappa shape index (κ2) is 9.97. The highest BCUT2D eigenvalue weighted by atomic mass is 35.5. The van der Waals surface area contributed by atoms with Crippen molar-refractivity contribution in [2.45, 2.75) is 37.8 Å². The largest absolute Gasteiger partial charge is 0.587 e. The molecule has 3 rings (SSSR count). The Hall–Kier alpha value is -2.01. The van der Waals surface area contributed by atoms with Crippen LogP contribution in [0.3, 0.4) is 0 Å². The predicted molar refractivity (Wildman–Crippen MR) is 108 cm³/mol. The first-order valence-electron chi connectivity index (χ1n) is 9.19. The van der Waals surface area contributed by atoms with Crippen molar-refractivity contribution in [1.82, 2.24) is 5.32 Å². The van der Waals surface area contributed by atoms with Crippen LogP contribution in [0.1, 0.15) is 25.7 Å². The van der Waals surface area contributed by atoms with Crippen LogP contribution in [0.15, 0.2) is 60.7 Å². The Bertz CT molecular complexity index is 759. The van der Waals surface area contributed by atoms with Crippen molar-refractivity contribution >= 4 is 25.3 Å². The number of hydrogen-bond acceptors (Lipinski definition) is 5. The summed E-state index contributed by atoms with van der Waals surface area (Å²) < 4.78 is 30.6. The van der Waals surface area contributed by atoms with Crippen LogP contribution in [-0.2, 0) is 13.9 Å². The zero-order chi connectivity index (χ0) is 19.8. The molecule has 1 aliphatic rings. The van der Waals surface area contributed by atoms with E-state index >= 15 is 0 Å². The number of amides is 1. The van der Waals surface area contributed by atoms with Crippen molar-refractivity contribution < 1.29 is 22.9 Å². The van der Waals surface area contributed by atoms with Gasteiger partial charge in [0.05, 0.1) is 6.10 Å². The second-order valence-corrected chi connectivity index (χ2v) is 8.29. The number of carbonyl (C=O) groups is 1. The molecule has 1 N–H and O–H groups in total. The van der Waals surface area contributed by atoms with Crippen molar-refractivity contribution in [3.63, 3.8) is 0 Å². The Morgan fingerprint density at radius 1 is 1.00 bits per heavy atom. The molecular weight excluding hydrogens is 401 g/mol. The third kappa shape index (κ3) is 6.26. The van der Waals surface area contributed by atoms with E-state index in [1.54, 1.807) is 48.5 Å². The summed E-state index contributed by atoms with van der Waals surface area (Å²) in [6, 6.07) is 17.5. The molecule has 150 valence electrons. The number of hydrogen-bond donors (Lipinski definition) is 1. The number of rotatable bonds is 8. The molecule has 1 saturated carbocycles. The molecule has 2 aromatic rings. The van der Waals surface area contributed by atoms with Crippen LogP contribution in [0.2, 0.25) is 0 Å². The highest BCUT2D eigenvalue weighted by Gasteiger charge is 2.37. The standard InChI is InChI=1S/C20H23ClNO5P/c21-15-20(23)22-16-8-7-13-19(14-16)27-28(24,25-17-9-3-1-4-10-17)26-18-11-5-2-6-12-18/h1-6,9-12,16,19H,7-8,13-15H2,(H,22,23). The first-order chi connectivity index (χ1) is 13.6. The van der Waals surface area contributed by atoms with Crippen molar-refractivity contribution in [2.24, 2.45) is 0 Å². The third-order valence-electron chi connectivity index (χ3n) is 4.31. The molecule has 1 aliphatic carbocycles. The minimum atomic E-state index is -3.94. The molecule has 2 aromatic carbocycles. The summed E-state index contributed by atoms with van der Waals surface area (Å²) in [4.78, 5) is 11.6. The quantitative estimate of drug-likeness (QED) is 0.481. The zero-order valence-corrected chi connectivity index (χ0v) is 17.0. The SMILES string of the molecule is O=C(CCl)NC1CCCC(OP(=O)(Oc2ccccc2)Oc2ccccc2)C1. The van der Waals surface area contributed by atoms with Crippen LogP contribution in [0.25, 0.3) is 0 Å². The van der Waals surface area contributed by atoms with Gasteiger partial charge in [0.25, 0.3) is 0 Å². The minimum Gasteiger partial charge on any atom is -0.395 e. The van der Waals surface area contributed by atoms with Crippen LogP contribution < -0.4 is 14.4 Å². The van der Waals surface area contributed by atoms with Crippen molar-refractivity contribution in [2.75, 3.05) is 5.88 Å². The fraction of sp³-hybridized carbons (Fsp3) is 0.350. The number of para-hydroxylation sites is 2. The fourth-order valence-corrected chi connectivity index (χ4v) is 4.62. The van der Waals surface area contributed by atoms with Crippen LogP contribution in [0, 0.1) is 0 Å². The van der Waals surface area contributed by atoms with Crippen LogP contribution in [-0.4, -0.2) is 23.9 Å². The average Bonchev–Trinajstić information content (AvgIpc) is 2.69. The predicted octanol–water partition coefficient (Wildman–Crippen LogP) is 4.94. The van der Waals surface area contributed by atoms with E-state index in [0.717, 1.165) is 12.8 Å². The van der Waals surface area contributed by atoms with Crippen LogP contribution >= 0.6 is 19.4 Å². The number of nitrogens with one attached hydrogen (secondary N) is 1. The molecular formula is C20H23ClNO5P. The van der Waals surface area contributed by atoms with Gasteiger partial charge in [-0.2, -0.15) is 0 Å². The lowest BCUT2D eigenvalue weighted by Crippen LogP contribution is -2.41. The van der Waals surface area contributed by atoms with E-state index in [9.17, 15) is 9.36 Å². The topological polar surface area (TPSA) is 73.9 Å². The molecule has 2 atom stereocenters. The van der Waals surface area contributed by atoms with Gasteiger partial charge in [-0.15, -0.1) is 11.6 Å². The molecule has 0 spiro atoms. The number of halogens is 1. The Morgan fingerprint density at radius 2 is 1.57 bits per heavy atom. The minimum absolute atomic E-state index is 0.0769. The van der Waals surface area contributed by atoms with Crippen molar-refractivity contribution in [3.05, 3.63) is 60.7 Å². The molecule has 0 aliphatic heterocycles. The van der Waals surface area contributed by atoms with Gasteiger partial charge in [-0.25, -0.2) is 4.57 Å². The van der Waals surface area contributed by atoms with Gasteiger partial charge in [-0.1, -0.05) is 36.4 Å². The number of phosphoric ester groups is 1. The van der Waals surface area contributed by atoms with Crippen LogP contribution in [0.4, 0.5) is 0 Å². The monoisotopic (exact) mass is 423 g/mol. The maximum atomic E-state index is 13.4. The van der Waals surface area contributed by atoms with Gasteiger partial charge in [0.2, 0.25) is 5.91 Å². The number of carbonyl (C=O) groups excluding carboxylic acids is 1. The second-order valence-electron chi connectivity index (χ2n) is 6.55. The van der Waals surface area contributed by atoms with Gasteiger partial charge >= 0.3 is 7.82 Å². The summed E-state index contributed by atoms with van der Waals surface area (Å²) >= 11 is 5.57. The fourth-order valence-electron chi connectivity index (χ4n) is 3.10. The van der Waals surface area contributed by atoms with E-state index in [0.29, 0.717) is 24.3 Å². The highest BCUT2D eigenvalue weighted by molar-refractivity contribution is 7.49. The molecule has 0 heterocycles. The molecule has 0 aromatic heterocycles. The Labute approximate surface area is 169 Å². The normalized spacial score (nSPS) is 19.6. The smallest absolute Gasteiger partial charge is 0.395 e. The van der Waals surface area contributed by atoms with Crippen LogP contribution in [0.5, 0.6) is 11.5 Å². The molecule has 28 heavy (non-hydrogen) atoms. The van der Waals surface area contributed by atoms with Gasteiger partial charge < -0.3 is 14.4 Å². The van der Waals surface area contributed by atoms with E-state index in [1.807, 2.05) is 12.1 Å². The maximum Gasteiger partial charge on any atom is 0.587 e. The van der Waals surface area contributed by atoms with E-state index in [4.69, 9.17) is 25.2 Å². The number of phosphoric acid groups is 1. The lowest BCUT2D eigenvalue weighted by Gasteiger charge is -2.31. The van der Waals surface area contributed by atoms with Crippen molar-refractivity contribution in [3.8, 4) is 11.5 Å². The van der Waals surface area contributed by atoms with E-state index in [-0.39, 0.29) is 23.9 Å². The summed E-state index contributed by atoms with van der Waals surface area (Å²) in [5.41, 5.74) is 0. The summed E-state index contributed by atoms with van der Waals surface area (Å²) in [6.45, 7) is 0. The molecule has 0 saturated heterocycles. The lowest BCUT2D eigenvalue weighted by atomic mass is 9.93. The first-order valence-corrected chi connectivity index (χ1v) is 11.2. The van der Waals surface area contributed by atoms with E-state index in [2.05, 4.69) is 5.32 Å². The average molecular weight is 424 g/mol. The summed E-state index contributed by atoms with van der Waals surface area (Å²) in [7, 11) is -3.94. The van der Waals surface area contributed by atoms with Crippen molar-refractivity contribution in [1.29, 1.82) is 0 Å². The summed E-state index contributed by atoms with van der Waals surface area (Å²) in [5, 5.41) is 2.86. The van der Waals surface area contributed by atoms with Gasteiger partial charge in [0, 0.05) is 6.04 Å². The molecule has 8 heteroatoms. The summed E-state index contributed by atoms with van der Waals surface area (Å²) in [5.74, 6) is 0.472. The third-order valence-corrected chi connectivity index (χ3v) is 5.98. The molecule has 6 nitrogen and oxygen atoms in total. The van der Waals surface area contributed by atoms with Gasteiger partial charge in [-0.3, -0.25) is 9.32 Å². The Kier molecular flexibility index (Phi) is 7.37. The van der Waals surface area contributed by atoms with E-state index in [1.165, 1.54) is 0 Å². The molecule has 1 amide bonds.